The van der Waals surface area contributed by atoms with Crippen molar-refractivity contribution in [2.75, 3.05) is 0 Å². The van der Waals surface area contributed by atoms with Gasteiger partial charge in [0.15, 0.2) is 0 Å². The molecule has 14 heavy (non-hydrogen) atoms. The van der Waals surface area contributed by atoms with Crippen LogP contribution in [0.5, 0.6) is 0 Å². The minimum atomic E-state index is 0.118. The molecule has 1 aromatic rings. The summed E-state index contributed by atoms with van der Waals surface area (Å²) in [7, 11) is 0. The van der Waals surface area contributed by atoms with Gasteiger partial charge in [-0.15, -0.1) is 11.3 Å². The zero-order valence-electron chi connectivity index (χ0n) is 9.50. The Morgan fingerprint density at radius 1 is 1.43 bits per heavy atom. The Balaban J connectivity index is 2.73. The third kappa shape index (κ3) is 2.55. The summed E-state index contributed by atoms with van der Waals surface area (Å²) in [6.07, 6.45) is 2.37. The molecule has 2 unspecified atom stereocenters. The molecule has 1 aromatic heterocycles. The Kier molecular flexibility index (Phi) is 4.08. The molecule has 80 valence electrons. The smallest absolute Gasteiger partial charge is 0.110 e. The van der Waals surface area contributed by atoms with E-state index in [-0.39, 0.29) is 6.04 Å². The summed E-state index contributed by atoms with van der Waals surface area (Å²) in [5, 5.41) is 1.10. The molecule has 0 saturated carbocycles. The van der Waals surface area contributed by atoms with E-state index in [0.29, 0.717) is 5.92 Å². The molecule has 0 fully saturated rings. The second-order valence-corrected chi connectivity index (χ2v) is 5.22. The lowest BCUT2D eigenvalue weighted by atomic mass is 9.98. The molecule has 1 heterocycles. The summed E-state index contributed by atoms with van der Waals surface area (Å²) in [6.45, 7) is 8.56. The summed E-state index contributed by atoms with van der Waals surface area (Å²) in [5.41, 5.74) is 7.28. The molecule has 0 amide bonds. The zero-order chi connectivity index (χ0) is 10.7. The third-order valence-corrected chi connectivity index (χ3v) is 3.86. The van der Waals surface area contributed by atoms with Crippen LogP contribution in [0.25, 0.3) is 0 Å². The summed E-state index contributed by atoms with van der Waals surface area (Å²) >= 11 is 1.74. The molecule has 0 spiro atoms. The first-order valence-corrected chi connectivity index (χ1v) is 6.07. The van der Waals surface area contributed by atoms with Gasteiger partial charge >= 0.3 is 0 Å². The fourth-order valence-electron chi connectivity index (χ4n) is 1.52. The van der Waals surface area contributed by atoms with Crippen molar-refractivity contribution in [2.24, 2.45) is 11.7 Å². The van der Waals surface area contributed by atoms with Crippen LogP contribution in [0.15, 0.2) is 0 Å². The van der Waals surface area contributed by atoms with Gasteiger partial charge in [-0.1, -0.05) is 20.3 Å². The number of aromatic nitrogens is 1. The van der Waals surface area contributed by atoms with Gasteiger partial charge in [0.05, 0.1) is 11.7 Å². The number of hydrogen-bond donors (Lipinski definition) is 1. The first-order valence-electron chi connectivity index (χ1n) is 5.25. The van der Waals surface area contributed by atoms with Crippen LogP contribution >= 0.6 is 11.3 Å². The number of rotatable bonds is 4. The van der Waals surface area contributed by atoms with E-state index in [0.717, 1.165) is 10.7 Å². The van der Waals surface area contributed by atoms with Gasteiger partial charge in [0.2, 0.25) is 0 Å². The number of nitrogens with zero attached hydrogens (tertiary/aromatic N) is 1. The average molecular weight is 212 g/mol. The van der Waals surface area contributed by atoms with Gasteiger partial charge in [-0.25, -0.2) is 4.98 Å². The van der Waals surface area contributed by atoms with E-state index in [1.165, 1.54) is 17.7 Å². The molecule has 0 aliphatic rings. The normalized spacial score (nSPS) is 15.5. The Labute approximate surface area is 90.6 Å². The second-order valence-electron chi connectivity index (χ2n) is 3.99. The Morgan fingerprint density at radius 3 is 2.50 bits per heavy atom. The quantitative estimate of drug-likeness (QED) is 0.832. The molecule has 1 rings (SSSR count). The van der Waals surface area contributed by atoms with Crippen molar-refractivity contribution in [3.05, 3.63) is 15.6 Å². The molecule has 2 nitrogen and oxygen atoms in total. The van der Waals surface area contributed by atoms with Crippen molar-refractivity contribution in [3.63, 3.8) is 0 Å². The molecule has 3 heteroatoms. The van der Waals surface area contributed by atoms with E-state index >= 15 is 0 Å². The van der Waals surface area contributed by atoms with Crippen molar-refractivity contribution in [1.29, 1.82) is 0 Å². The molecular formula is C11H20N2S. The van der Waals surface area contributed by atoms with Crippen LogP contribution in [-0.2, 0) is 0 Å². The van der Waals surface area contributed by atoms with Gasteiger partial charge in [0.1, 0.15) is 5.01 Å². The van der Waals surface area contributed by atoms with E-state index in [9.17, 15) is 0 Å². The van der Waals surface area contributed by atoms with Gasteiger partial charge in [0.25, 0.3) is 0 Å². The van der Waals surface area contributed by atoms with Crippen molar-refractivity contribution < 1.29 is 0 Å². The van der Waals surface area contributed by atoms with E-state index in [1.54, 1.807) is 11.3 Å². The van der Waals surface area contributed by atoms with E-state index in [4.69, 9.17) is 5.73 Å². The molecule has 0 radical (unpaired) electrons. The summed E-state index contributed by atoms with van der Waals surface area (Å²) in [4.78, 5) is 5.80. The van der Waals surface area contributed by atoms with E-state index in [1.807, 2.05) is 6.92 Å². The van der Waals surface area contributed by atoms with E-state index < -0.39 is 0 Å². The van der Waals surface area contributed by atoms with Crippen molar-refractivity contribution in [2.45, 2.75) is 46.6 Å². The highest BCUT2D eigenvalue weighted by Gasteiger charge is 2.18. The lowest BCUT2D eigenvalue weighted by molar-refractivity contribution is 0.432. The third-order valence-electron chi connectivity index (χ3n) is 2.69. The molecular weight excluding hydrogens is 192 g/mol. The molecule has 0 aromatic carbocycles. The van der Waals surface area contributed by atoms with Gasteiger partial charge in [-0.05, 0) is 26.2 Å². The van der Waals surface area contributed by atoms with Crippen molar-refractivity contribution in [3.8, 4) is 0 Å². The van der Waals surface area contributed by atoms with Crippen molar-refractivity contribution in [1.82, 2.24) is 4.98 Å². The second kappa shape index (κ2) is 4.89. The van der Waals surface area contributed by atoms with Crippen LogP contribution in [0.1, 0.15) is 48.3 Å². The van der Waals surface area contributed by atoms with Crippen molar-refractivity contribution >= 4 is 11.3 Å². The lowest BCUT2D eigenvalue weighted by Crippen LogP contribution is -2.18. The fourth-order valence-corrected chi connectivity index (χ4v) is 2.58. The van der Waals surface area contributed by atoms with Gasteiger partial charge < -0.3 is 5.73 Å². The molecule has 0 aliphatic heterocycles. The first kappa shape index (κ1) is 11.7. The predicted octanol–water partition coefficient (Wildman–Crippen LogP) is 3.20. The number of aryl methyl sites for hydroxylation is 2. The first-order chi connectivity index (χ1) is 6.56. The number of hydrogen-bond acceptors (Lipinski definition) is 3. The molecule has 2 atom stereocenters. The summed E-state index contributed by atoms with van der Waals surface area (Å²) in [6, 6.07) is 0.118. The monoisotopic (exact) mass is 212 g/mol. The van der Waals surface area contributed by atoms with Gasteiger partial charge in [-0.2, -0.15) is 0 Å². The Morgan fingerprint density at radius 2 is 2.07 bits per heavy atom. The van der Waals surface area contributed by atoms with E-state index in [2.05, 4.69) is 25.8 Å². The maximum Gasteiger partial charge on any atom is 0.110 e. The summed E-state index contributed by atoms with van der Waals surface area (Å²) in [5.74, 6) is 0.532. The Bertz CT molecular complexity index is 274. The minimum absolute atomic E-state index is 0.118. The largest absolute Gasteiger partial charge is 0.322 e. The predicted molar refractivity (Wildman–Crippen MR) is 62.6 cm³/mol. The Hall–Kier alpha value is -0.410. The highest BCUT2D eigenvalue weighted by Crippen LogP contribution is 2.28. The summed E-state index contributed by atoms with van der Waals surface area (Å²) < 4.78 is 0. The molecule has 0 aliphatic carbocycles. The highest BCUT2D eigenvalue weighted by atomic mass is 32.1. The number of thiazole rings is 1. The molecule has 2 N–H and O–H groups in total. The van der Waals surface area contributed by atoms with Crippen LogP contribution in [0.4, 0.5) is 0 Å². The highest BCUT2D eigenvalue weighted by molar-refractivity contribution is 7.11. The minimum Gasteiger partial charge on any atom is -0.322 e. The fraction of sp³-hybridized carbons (Fsp3) is 0.727. The average Bonchev–Trinajstić information content (AvgIpc) is 2.46. The standard InChI is InChI=1S/C11H20N2S/c1-5-6-7(2)10(12)11-13-8(3)9(4)14-11/h7,10H,5-6,12H2,1-4H3. The van der Waals surface area contributed by atoms with Crippen LogP contribution in [-0.4, -0.2) is 4.98 Å². The molecule has 0 saturated heterocycles. The number of nitrogens with two attached hydrogens (primary N) is 1. The van der Waals surface area contributed by atoms with Crippen LogP contribution in [0.3, 0.4) is 0 Å². The lowest BCUT2D eigenvalue weighted by Gasteiger charge is -2.16. The zero-order valence-corrected chi connectivity index (χ0v) is 10.3. The maximum absolute atomic E-state index is 6.15. The van der Waals surface area contributed by atoms with Crippen LogP contribution < -0.4 is 5.73 Å². The topological polar surface area (TPSA) is 38.9 Å². The van der Waals surface area contributed by atoms with Gasteiger partial charge in [0, 0.05) is 4.88 Å². The van der Waals surface area contributed by atoms with Crippen LogP contribution in [0.2, 0.25) is 0 Å². The molecule has 0 bridgehead atoms. The van der Waals surface area contributed by atoms with Crippen LogP contribution in [0, 0.1) is 19.8 Å². The maximum atomic E-state index is 6.15. The SMILES string of the molecule is CCCC(C)C(N)c1nc(C)c(C)s1. The van der Waals surface area contributed by atoms with Gasteiger partial charge in [-0.3, -0.25) is 0 Å².